The van der Waals surface area contributed by atoms with Crippen molar-refractivity contribution in [2.45, 2.75) is 37.7 Å². The Bertz CT molecular complexity index is 745. The zero-order valence-corrected chi connectivity index (χ0v) is 14.3. The fourth-order valence-electron chi connectivity index (χ4n) is 1.71. The number of pyridine rings is 1. The Morgan fingerprint density at radius 2 is 2.00 bits per heavy atom. The molecule has 8 nitrogen and oxygen atoms in total. The van der Waals surface area contributed by atoms with Crippen LogP contribution in [0.4, 0.5) is 0 Å². The molecule has 0 radical (unpaired) electrons. The van der Waals surface area contributed by atoms with Crippen molar-refractivity contribution in [3.63, 3.8) is 0 Å². The Hall–Kier alpha value is -2.55. The molecule has 2 rings (SSSR count). The van der Waals surface area contributed by atoms with Gasteiger partial charge < -0.3 is 4.42 Å². The number of nitrogens with one attached hydrogen (secondary N) is 1. The molecule has 0 aliphatic heterocycles. The normalized spacial score (nSPS) is 12.7. The average molecular weight is 347 g/mol. The molecule has 0 saturated heterocycles. The Kier molecular flexibility index (Phi) is 6.19. The van der Waals surface area contributed by atoms with Gasteiger partial charge in [-0.05, 0) is 32.9 Å². The number of ketones is 1. The highest BCUT2D eigenvalue weighted by atomic mass is 32.2. The molecule has 1 amide bonds. The maximum atomic E-state index is 12.0. The van der Waals surface area contributed by atoms with Crippen LogP contribution in [0, 0.1) is 0 Å². The number of carbonyl (C=O) groups is 2. The minimum absolute atomic E-state index is 0.0116. The molecule has 9 heteroatoms. The van der Waals surface area contributed by atoms with Crippen LogP contribution in [0.1, 0.15) is 27.2 Å². The summed E-state index contributed by atoms with van der Waals surface area (Å²) in [6.07, 6.45) is 3.47. The quantitative estimate of drug-likeness (QED) is 0.464. The van der Waals surface area contributed by atoms with Crippen molar-refractivity contribution in [1.29, 1.82) is 0 Å². The Morgan fingerprint density at radius 3 is 2.67 bits per heavy atom. The predicted octanol–water partition coefficient (Wildman–Crippen LogP) is 2.08. The van der Waals surface area contributed by atoms with Gasteiger partial charge in [0.15, 0.2) is 0 Å². The molecule has 0 aliphatic carbocycles. The van der Waals surface area contributed by atoms with E-state index in [-0.39, 0.29) is 23.3 Å². The highest BCUT2D eigenvalue weighted by Crippen LogP contribution is 2.25. The molecular formula is C15H17N5O3S. The SMILES string of the molecule is CC(=O)CC(C)=NNC(=O)C(C)Sc1nnc(-c2ccncc2)o1. The first-order chi connectivity index (χ1) is 11.5. The van der Waals surface area contributed by atoms with Crippen LogP contribution >= 0.6 is 11.8 Å². The molecule has 0 saturated carbocycles. The first-order valence-corrected chi connectivity index (χ1v) is 8.06. The summed E-state index contributed by atoms with van der Waals surface area (Å²) in [5, 5.41) is 11.6. The van der Waals surface area contributed by atoms with Crippen molar-refractivity contribution in [3.05, 3.63) is 24.5 Å². The summed E-state index contributed by atoms with van der Waals surface area (Å²) >= 11 is 1.13. The van der Waals surface area contributed by atoms with E-state index in [4.69, 9.17) is 4.42 Å². The van der Waals surface area contributed by atoms with Crippen molar-refractivity contribution in [2.75, 3.05) is 0 Å². The van der Waals surface area contributed by atoms with E-state index in [0.29, 0.717) is 11.6 Å². The fourth-order valence-corrected chi connectivity index (χ4v) is 2.39. The summed E-state index contributed by atoms with van der Waals surface area (Å²) in [7, 11) is 0. The highest BCUT2D eigenvalue weighted by molar-refractivity contribution is 8.00. The zero-order valence-electron chi connectivity index (χ0n) is 13.5. The van der Waals surface area contributed by atoms with E-state index in [1.807, 2.05) is 0 Å². The van der Waals surface area contributed by atoms with Crippen molar-refractivity contribution in [1.82, 2.24) is 20.6 Å². The number of rotatable bonds is 7. The van der Waals surface area contributed by atoms with Crippen LogP contribution in [0.2, 0.25) is 0 Å². The monoisotopic (exact) mass is 347 g/mol. The van der Waals surface area contributed by atoms with Gasteiger partial charge in [0.1, 0.15) is 5.78 Å². The second-order valence-electron chi connectivity index (χ2n) is 5.07. The van der Waals surface area contributed by atoms with E-state index < -0.39 is 5.25 Å². The van der Waals surface area contributed by atoms with Gasteiger partial charge in [-0.2, -0.15) is 5.10 Å². The number of amides is 1. The first-order valence-electron chi connectivity index (χ1n) is 7.18. The summed E-state index contributed by atoms with van der Waals surface area (Å²) in [5.41, 5.74) is 3.73. The molecule has 1 atom stereocenters. The Morgan fingerprint density at radius 1 is 1.29 bits per heavy atom. The van der Waals surface area contributed by atoms with Crippen LogP contribution in [0.5, 0.6) is 0 Å². The number of hydrazone groups is 1. The van der Waals surface area contributed by atoms with Gasteiger partial charge in [-0.1, -0.05) is 11.8 Å². The number of Topliss-reactive ketones (excluding diaryl/α,β-unsaturated/α-hetero) is 1. The van der Waals surface area contributed by atoms with E-state index in [1.165, 1.54) is 6.92 Å². The number of hydrogen-bond acceptors (Lipinski definition) is 8. The smallest absolute Gasteiger partial charge is 0.277 e. The fraction of sp³-hybridized carbons (Fsp3) is 0.333. The predicted molar refractivity (Wildman–Crippen MR) is 89.4 cm³/mol. The highest BCUT2D eigenvalue weighted by Gasteiger charge is 2.18. The molecule has 0 aliphatic rings. The van der Waals surface area contributed by atoms with Gasteiger partial charge in [0, 0.05) is 30.1 Å². The van der Waals surface area contributed by atoms with Crippen molar-refractivity contribution >= 4 is 29.2 Å². The third kappa shape index (κ3) is 5.27. The standard InChI is InChI=1S/C15H17N5O3S/c1-9(8-10(2)21)17-18-13(22)11(3)24-15-20-19-14(23-15)12-4-6-16-7-5-12/h4-7,11H,8H2,1-3H3,(H,18,22). The third-order valence-corrected chi connectivity index (χ3v) is 3.78. The molecule has 0 aromatic carbocycles. The van der Waals surface area contributed by atoms with Gasteiger partial charge in [0.2, 0.25) is 5.89 Å². The molecule has 2 aromatic heterocycles. The molecule has 24 heavy (non-hydrogen) atoms. The molecule has 0 bridgehead atoms. The molecule has 0 fully saturated rings. The number of hydrogen-bond donors (Lipinski definition) is 1. The number of nitrogens with zero attached hydrogens (tertiary/aromatic N) is 4. The Balaban J connectivity index is 1.92. The summed E-state index contributed by atoms with van der Waals surface area (Å²) in [6, 6.07) is 3.51. The van der Waals surface area contributed by atoms with E-state index in [1.54, 1.807) is 38.4 Å². The van der Waals surface area contributed by atoms with Gasteiger partial charge in [-0.3, -0.25) is 14.6 Å². The van der Waals surface area contributed by atoms with Gasteiger partial charge in [-0.15, -0.1) is 10.2 Å². The van der Waals surface area contributed by atoms with Crippen molar-refractivity contribution in [3.8, 4) is 11.5 Å². The van der Waals surface area contributed by atoms with E-state index in [0.717, 1.165) is 17.3 Å². The van der Waals surface area contributed by atoms with E-state index >= 15 is 0 Å². The van der Waals surface area contributed by atoms with Gasteiger partial charge >= 0.3 is 0 Å². The lowest BCUT2D eigenvalue weighted by Gasteiger charge is -2.06. The molecule has 126 valence electrons. The van der Waals surface area contributed by atoms with Gasteiger partial charge in [-0.25, -0.2) is 5.43 Å². The van der Waals surface area contributed by atoms with E-state index in [2.05, 4.69) is 25.7 Å². The lowest BCUT2D eigenvalue weighted by Crippen LogP contribution is -2.27. The minimum Gasteiger partial charge on any atom is -0.411 e. The molecule has 1 unspecified atom stereocenters. The minimum atomic E-state index is -0.482. The third-order valence-electron chi connectivity index (χ3n) is 2.84. The van der Waals surface area contributed by atoms with Crippen LogP contribution in [-0.4, -0.2) is 37.8 Å². The molecule has 2 heterocycles. The second-order valence-corrected chi connectivity index (χ2v) is 6.36. The lowest BCUT2D eigenvalue weighted by atomic mass is 10.2. The summed E-state index contributed by atoms with van der Waals surface area (Å²) in [4.78, 5) is 26.9. The second kappa shape index (κ2) is 8.34. The largest absolute Gasteiger partial charge is 0.411 e. The van der Waals surface area contributed by atoms with Crippen LogP contribution in [0.15, 0.2) is 39.3 Å². The molecule has 0 spiro atoms. The van der Waals surface area contributed by atoms with Crippen LogP contribution in [-0.2, 0) is 9.59 Å². The molecule has 1 N–H and O–H groups in total. The van der Waals surface area contributed by atoms with Crippen LogP contribution in [0.3, 0.4) is 0 Å². The van der Waals surface area contributed by atoms with Crippen LogP contribution < -0.4 is 5.43 Å². The van der Waals surface area contributed by atoms with Gasteiger partial charge in [0.25, 0.3) is 11.1 Å². The first kappa shape index (κ1) is 17.8. The maximum absolute atomic E-state index is 12.0. The topological polar surface area (TPSA) is 110 Å². The zero-order chi connectivity index (χ0) is 17.5. The lowest BCUT2D eigenvalue weighted by molar-refractivity contribution is -0.120. The Labute approximate surface area is 143 Å². The van der Waals surface area contributed by atoms with Crippen molar-refractivity contribution in [2.24, 2.45) is 5.10 Å². The summed E-state index contributed by atoms with van der Waals surface area (Å²) in [6.45, 7) is 4.85. The number of carbonyl (C=O) groups excluding carboxylic acids is 2. The number of aromatic nitrogens is 3. The van der Waals surface area contributed by atoms with E-state index in [9.17, 15) is 9.59 Å². The summed E-state index contributed by atoms with van der Waals surface area (Å²) < 4.78 is 5.52. The number of thioether (sulfide) groups is 1. The molecule has 2 aromatic rings. The maximum Gasteiger partial charge on any atom is 0.277 e. The summed E-state index contributed by atoms with van der Waals surface area (Å²) in [5.74, 6) is 0.0387. The van der Waals surface area contributed by atoms with Crippen molar-refractivity contribution < 1.29 is 14.0 Å². The molecular weight excluding hydrogens is 330 g/mol. The van der Waals surface area contributed by atoms with Crippen LogP contribution in [0.25, 0.3) is 11.5 Å². The van der Waals surface area contributed by atoms with Gasteiger partial charge in [0.05, 0.1) is 5.25 Å². The average Bonchev–Trinajstić information content (AvgIpc) is 3.01.